The third-order valence-electron chi connectivity index (χ3n) is 5.75. The van der Waals surface area contributed by atoms with E-state index in [9.17, 15) is 9.18 Å². The Hall–Kier alpha value is -2.84. The molecular weight excluding hydrogens is 401 g/mol. The van der Waals surface area contributed by atoms with Crippen molar-refractivity contribution < 1.29 is 4.39 Å². The van der Waals surface area contributed by atoms with Gasteiger partial charge in [-0.15, -0.1) is 11.3 Å². The van der Waals surface area contributed by atoms with Crippen LogP contribution in [-0.4, -0.2) is 25.1 Å². The number of rotatable bonds is 5. The molecule has 1 N–H and O–H groups in total. The van der Waals surface area contributed by atoms with Crippen LogP contribution in [0.2, 0.25) is 0 Å². The summed E-state index contributed by atoms with van der Waals surface area (Å²) < 4.78 is 17.1. The molecule has 1 aliphatic rings. The Labute approximate surface area is 177 Å². The Morgan fingerprint density at radius 2 is 2.23 bits per heavy atom. The highest BCUT2D eigenvalue weighted by Gasteiger charge is 2.25. The molecule has 1 aromatic carbocycles. The van der Waals surface area contributed by atoms with Crippen LogP contribution in [0, 0.1) is 5.82 Å². The van der Waals surface area contributed by atoms with Crippen LogP contribution in [0.1, 0.15) is 28.2 Å². The minimum Gasteiger partial charge on any atom is -0.337 e. The number of thiophene rings is 1. The molecule has 5 rings (SSSR count). The smallest absolute Gasteiger partial charge is 0.262 e. The predicted molar refractivity (Wildman–Crippen MR) is 115 cm³/mol. The van der Waals surface area contributed by atoms with Gasteiger partial charge in [0, 0.05) is 30.4 Å². The molecule has 0 aliphatic heterocycles. The quantitative estimate of drug-likeness (QED) is 0.536. The van der Waals surface area contributed by atoms with E-state index >= 15 is 0 Å². The Kier molecular flexibility index (Phi) is 4.96. The highest BCUT2D eigenvalue weighted by molar-refractivity contribution is 7.18. The van der Waals surface area contributed by atoms with Crippen LogP contribution >= 0.6 is 11.3 Å². The highest BCUT2D eigenvalue weighted by Crippen LogP contribution is 2.33. The molecule has 0 saturated carbocycles. The van der Waals surface area contributed by atoms with Crippen molar-refractivity contribution in [3.63, 3.8) is 0 Å². The number of aryl methyl sites for hydroxylation is 2. The molecule has 3 heterocycles. The predicted octanol–water partition coefficient (Wildman–Crippen LogP) is 3.03. The first-order chi connectivity index (χ1) is 14.6. The molecule has 0 radical (unpaired) electrons. The van der Waals surface area contributed by atoms with Gasteiger partial charge in [0.2, 0.25) is 0 Å². The van der Waals surface area contributed by atoms with Gasteiger partial charge in [-0.25, -0.2) is 14.4 Å². The van der Waals surface area contributed by atoms with E-state index in [0.717, 1.165) is 53.0 Å². The van der Waals surface area contributed by atoms with Crippen LogP contribution in [0.4, 0.5) is 4.39 Å². The second-order valence-corrected chi connectivity index (χ2v) is 8.85. The maximum absolute atomic E-state index is 13.5. The number of nitrogens with one attached hydrogen (secondary N) is 1. The zero-order valence-electron chi connectivity index (χ0n) is 16.6. The van der Waals surface area contributed by atoms with Crippen LogP contribution < -0.4 is 10.9 Å². The average Bonchev–Trinajstić information content (AvgIpc) is 3.31. The minimum atomic E-state index is -0.299. The van der Waals surface area contributed by atoms with Gasteiger partial charge in [-0.1, -0.05) is 12.1 Å². The normalized spacial score (nSPS) is 16.1. The molecular formula is C22H22FN5OS. The molecule has 1 unspecified atom stereocenters. The van der Waals surface area contributed by atoms with Gasteiger partial charge in [0.1, 0.15) is 16.5 Å². The zero-order valence-corrected chi connectivity index (χ0v) is 17.5. The van der Waals surface area contributed by atoms with Gasteiger partial charge in [-0.05, 0) is 42.5 Å². The van der Waals surface area contributed by atoms with Crippen LogP contribution in [-0.2, 0) is 33.0 Å². The summed E-state index contributed by atoms with van der Waals surface area (Å²) in [4.78, 5) is 24.1. The second-order valence-electron chi connectivity index (χ2n) is 7.77. The summed E-state index contributed by atoms with van der Waals surface area (Å²) in [6, 6.07) is 6.70. The summed E-state index contributed by atoms with van der Waals surface area (Å²) >= 11 is 1.62. The van der Waals surface area contributed by atoms with E-state index < -0.39 is 0 Å². The first kappa shape index (κ1) is 19.1. The number of benzene rings is 1. The average molecular weight is 424 g/mol. The molecule has 0 saturated heterocycles. The van der Waals surface area contributed by atoms with Gasteiger partial charge in [-0.3, -0.25) is 9.36 Å². The molecule has 154 valence electrons. The summed E-state index contributed by atoms with van der Waals surface area (Å²) in [5.74, 6) is 0.714. The fourth-order valence-corrected chi connectivity index (χ4v) is 5.38. The van der Waals surface area contributed by atoms with Crippen molar-refractivity contribution in [2.75, 3.05) is 0 Å². The van der Waals surface area contributed by atoms with E-state index in [1.165, 1.54) is 17.0 Å². The number of nitrogens with zero attached hydrogens (tertiary/aromatic N) is 4. The van der Waals surface area contributed by atoms with Crippen LogP contribution in [0.5, 0.6) is 0 Å². The van der Waals surface area contributed by atoms with E-state index in [-0.39, 0.29) is 11.4 Å². The minimum absolute atomic E-state index is 0.0406. The summed E-state index contributed by atoms with van der Waals surface area (Å²) in [6.45, 7) is 1.05. The summed E-state index contributed by atoms with van der Waals surface area (Å²) in [7, 11) is 2.00. The van der Waals surface area contributed by atoms with Crippen molar-refractivity contribution in [3.05, 3.63) is 81.0 Å². The molecule has 1 aliphatic carbocycles. The number of imidazole rings is 1. The molecule has 0 amide bonds. The Morgan fingerprint density at radius 3 is 3.03 bits per heavy atom. The van der Waals surface area contributed by atoms with Gasteiger partial charge in [-0.2, -0.15) is 0 Å². The monoisotopic (exact) mass is 423 g/mol. The Bertz CT molecular complexity index is 1270. The lowest BCUT2D eigenvalue weighted by Crippen LogP contribution is -2.34. The first-order valence-electron chi connectivity index (χ1n) is 10.0. The summed E-state index contributed by atoms with van der Waals surface area (Å²) in [5.41, 5.74) is 1.85. The standard InChI is InChI=1S/C22H22FN5OS/c1-27-8-7-24-19(27)11-25-16-5-6-17-18(10-16)30-21-20(17)22(29)28(13-26-21)12-14-3-2-4-15(23)9-14/h2-4,7-9,13,16,25H,5-6,10-12H2,1H3. The number of halogens is 1. The SMILES string of the molecule is Cn1ccnc1CNC1CCc2c(sc3ncn(Cc4cccc(F)c4)c(=O)c23)C1. The third-order valence-corrected chi connectivity index (χ3v) is 6.91. The largest absolute Gasteiger partial charge is 0.337 e. The number of hydrogen-bond acceptors (Lipinski definition) is 5. The molecule has 0 spiro atoms. The van der Waals surface area contributed by atoms with Crippen molar-refractivity contribution in [1.29, 1.82) is 0 Å². The van der Waals surface area contributed by atoms with E-state index in [1.807, 2.05) is 30.1 Å². The Morgan fingerprint density at radius 1 is 1.33 bits per heavy atom. The van der Waals surface area contributed by atoms with Gasteiger partial charge in [0.15, 0.2) is 0 Å². The van der Waals surface area contributed by atoms with Gasteiger partial charge in [0.05, 0.1) is 24.8 Å². The van der Waals surface area contributed by atoms with Gasteiger partial charge in [0.25, 0.3) is 5.56 Å². The number of fused-ring (bicyclic) bond motifs is 3. The van der Waals surface area contributed by atoms with Crippen molar-refractivity contribution >= 4 is 21.6 Å². The van der Waals surface area contributed by atoms with Crippen LogP contribution in [0.15, 0.2) is 47.8 Å². The molecule has 4 aromatic rings. The molecule has 8 heteroatoms. The van der Waals surface area contributed by atoms with E-state index in [1.54, 1.807) is 28.3 Å². The van der Waals surface area contributed by atoms with E-state index in [2.05, 4.69) is 15.3 Å². The van der Waals surface area contributed by atoms with Crippen LogP contribution in [0.25, 0.3) is 10.2 Å². The lowest BCUT2D eigenvalue weighted by Gasteiger charge is -2.23. The van der Waals surface area contributed by atoms with Crippen LogP contribution in [0.3, 0.4) is 0 Å². The highest BCUT2D eigenvalue weighted by atomic mass is 32.1. The van der Waals surface area contributed by atoms with Crippen molar-refractivity contribution in [3.8, 4) is 0 Å². The van der Waals surface area contributed by atoms with Crippen molar-refractivity contribution in [2.24, 2.45) is 7.05 Å². The molecule has 0 fully saturated rings. The first-order valence-corrected chi connectivity index (χ1v) is 10.8. The van der Waals surface area contributed by atoms with Gasteiger partial charge >= 0.3 is 0 Å². The summed E-state index contributed by atoms with van der Waals surface area (Å²) in [6.07, 6.45) is 8.05. The maximum Gasteiger partial charge on any atom is 0.262 e. The van der Waals surface area contributed by atoms with E-state index in [4.69, 9.17) is 0 Å². The number of aromatic nitrogens is 4. The van der Waals surface area contributed by atoms with Gasteiger partial charge < -0.3 is 9.88 Å². The zero-order chi connectivity index (χ0) is 20.7. The molecule has 6 nitrogen and oxygen atoms in total. The lowest BCUT2D eigenvalue weighted by molar-refractivity contribution is 0.452. The molecule has 1 atom stereocenters. The topological polar surface area (TPSA) is 64.7 Å². The molecule has 0 bridgehead atoms. The lowest BCUT2D eigenvalue weighted by atomic mass is 9.93. The fraction of sp³-hybridized carbons (Fsp3) is 0.318. The van der Waals surface area contributed by atoms with Crippen molar-refractivity contribution in [1.82, 2.24) is 24.4 Å². The number of hydrogen-bond donors (Lipinski definition) is 1. The molecule has 3 aromatic heterocycles. The third kappa shape index (κ3) is 3.57. The molecule has 30 heavy (non-hydrogen) atoms. The summed E-state index contributed by atoms with van der Waals surface area (Å²) in [5, 5.41) is 4.33. The van der Waals surface area contributed by atoms with E-state index in [0.29, 0.717) is 12.6 Å². The second kappa shape index (κ2) is 7.77. The maximum atomic E-state index is 13.5. The Balaban J connectivity index is 1.39. The fourth-order valence-electron chi connectivity index (χ4n) is 4.12. The van der Waals surface area contributed by atoms with Crippen molar-refractivity contribution in [2.45, 2.75) is 38.4 Å².